The van der Waals surface area contributed by atoms with Crippen molar-refractivity contribution in [2.24, 2.45) is 0 Å². The third-order valence-corrected chi connectivity index (χ3v) is 6.63. The summed E-state index contributed by atoms with van der Waals surface area (Å²) in [5.41, 5.74) is 7.79. The van der Waals surface area contributed by atoms with Gasteiger partial charge in [0, 0.05) is 34.9 Å². The van der Waals surface area contributed by atoms with Crippen LogP contribution in [0.2, 0.25) is 0 Å². The van der Waals surface area contributed by atoms with Crippen LogP contribution in [0.25, 0.3) is 5.57 Å². The number of nitrogens with zero attached hydrogens (tertiary/aromatic N) is 3. The molecule has 158 valence electrons. The number of amides is 1. The molecule has 30 heavy (non-hydrogen) atoms. The first-order valence-electron chi connectivity index (χ1n) is 8.86. The average Bonchev–Trinajstić information content (AvgIpc) is 2.70. The summed E-state index contributed by atoms with van der Waals surface area (Å²) >= 11 is 16.4. The molecule has 1 aliphatic rings. The first-order chi connectivity index (χ1) is 14.3. The van der Waals surface area contributed by atoms with Crippen molar-refractivity contribution in [1.82, 2.24) is 20.3 Å². The molecule has 11 heteroatoms. The van der Waals surface area contributed by atoms with E-state index in [0.717, 1.165) is 5.56 Å². The fourth-order valence-electron chi connectivity index (χ4n) is 2.67. The van der Waals surface area contributed by atoms with Gasteiger partial charge >= 0.3 is 0 Å². The van der Waals surface area contributed by atoms with Crippen molar-refractivity contribution in [3.8, 4) is 0 Å². The lowest BCUT2D eigenvalue weighted by Gasteiger charge is -2.27. The van der Waals surface area contributed by atoms with E-state index in [1.54, 1.807) is 6.08 Å². The Balaban J connectivity index is 1.90. The lowest BCUT2D eigenvalue weighted by atomic mass is 9.97. The van der Waals surface area contributed by atoms with E-state index in [1.165, 1.54) is 11.8 Å². The van der Waals surface area contributed by atoms with Gasteiger partial charge in [-0.1, -0.05) is 76.3 Å². The first kappa shape index (κ1) is 23.3. The Morgan fingerprint density at radius 1 is 1.30 bits per heavy atom. The van der Waals surface area contributed by atoms with Crippen LogP contribution in [-0.2, 0) is 10.5 Å². The number of aliphatic hydroxyl groups excluding tert-OH is 1. The van der Waals surface area contributed by atoms with Crippen molar-refractivity contribution in [2.75, 3.05) is 18.9 Å². The number of nitrogens with two attached hydrogens (primary N) is 1. The van der Waals surface area contributed by atoms with Crippen molar-refractivity contribution in [3.05, 3.63) is 58.4 Å². The summed E-state index contributed by atoms with van der Waals surface area (Å²) in [4.78, 5) is 25.4. The molecule has 0 fully saturated rings. The van der Waals surface area contributed by atoms with Crippen LogP contribution in [0.5, 0.6) is 0 Å². The Bertz CT molecular complexity index is 1000. The SMILES string of the molecule is Nc1nc(SCc2ccccc2)nc(C2=C(Cl)CC(Cl)(I)C(C(=O)NCCO)=C2)n1. The summed E-state index contributed by atoms with van der Waals surface area (Å²) in [6.07, 6.45) is 1.78. The number of hydrogen-bond donors (Lipinski definition) is 3. The highest BCUT2D eigenvalue weighted by Gasteiger charge is 2.38. The Kier molecular flexibility index (Phi) is 7.97. The fraction of sp³-hybridized carbons (Fsp3) is 0.263. The van der Waals surface area contributed by atoms with Gasteiger partial charge in [0.15, 0.2) is 11.0 Å². The molecule has 1 aromatic carbocycles. The number of aromatic nitrogens is 3. The number of hydrogen-bond acceptors (Lipinski definition) is 7. The molecule has 0 saturated carbocycles. The van der Waals surface area contributed by atoms with Gasteiger partial charge in [-0.2, -0.15) is 9.97 Å². The molecular formula is C19H18Cl2IN5O2S. The Morgan fingerprint density at radius 2 is 2.03 bits per heavy atom. The van der Waals surface area contributed by atoms with Crippen molar-refractivity contribution in [3.63, 3.8) is 0 Å². The fourth-order valence-corrected chi connectivity index (χ4v) is 5.16. The topological polar surface area (TPSA) is 114 Å². The largest absolute Gasteiger partial charge is 0.395 e. The number of carbonyl (C=O) groups is 1. The molecule has 1 unspecified atom stereocenters. The maximum atomic E-state index is 12.5. The van der Waals surface area contributed by atoms with Crippen LogP contribution in [0.4, 0.5) is 5.95 Å². The van der Waals surface area contributed by atoms with E-state index in [-0.39, 0.29) is 31.3 Å². The zero-order valence-electron chi connectivity index (χ0n) is 15.6. The maximum absolute atomic E-state index is 12.5. The normalized spacial score (nSPS) is 18.9. The van der Waals surface area contributed by atoms with Crippen LogP contribution in [0.15, 0.2) is 52.2 Å². The van der Waals surface area contributed by atoms with Gasteiger partial charge in [-0.05, 0) is 11.6 Å². The predicted molar refractivity (Wildman–Crippen MR) is 128 cm³/mol. The van der Waals surface area contributed by atoms with E-state index >= 15 is 0 Å². The van der Waals surface area contributed by atoms with Gasteiger partial charge in [0.1, 0.15) is 2.88 Å². The number of aliphatic hydroxyl groups is 1. The lowest BCUT2D eigenvalue weighted by Crippen LogP contribution is -2.35. The third-order valence-electron chi connectivity index (χ3n) is 4.08. The lowest BCUT2D eigenvalue weighted by molar-refractivity contribution is -0.117. The van der Waals surface area contributed by atoms with Crippen molar-refractivity contribution in [1.29, 1.82) is 0 Å². The number of carbonyl (C=O) groups excluding carboxylic acids is 1. The van der Waals surface area contributed by atoms with E-state index in [9.17, 15) is 4.79 Å². The van der Waals surface area contributed by atoms with Gasteiger partial charge in [-0.25, -0.2) is 4.98 Å². The minimum Gasteiger partial charge on any atom is -0.395 e. The number of alkyl halides is 2. The van der Waals surface area contributed by atoms with Gasteiger partial charge in [0.05, 0.1) is 6.61 Å². The minimum atomic E-state index is -1.03. The van der Waals surface area contributed by atoms with E-state index < -0.39 is 8.79 Å². The molecule has 0 radical (unpaired) electrons. The average molecular weight is 578 g/mol. The number of rotatable bonds is 7. The van der Waals surface area contributed by atoms with E-state index in [0.29, 0.717) is 27.1 Å². The highest BCUT2D eigenvalue weighted by Crippen LogP contribution is 2.46. The molecule has 3 rings (SSSR count). The first-order valence-corrected chi connectivity index (χ1v) is 11.7. The molecule has 0 bridgehead atoms. The molecular weight excluding hydrogens is 560 g/mol. The summed E-state index contributed by atoms with van der Waals surface area (Å²) in [6.45, 7) is -0.0590. The van der Waals surface area contributed by atoms with Crippen LogP contribution in [0.1, 0.15) is 17.8 Å². The molecule has 4 N–H and O–H groups in total. The molecule has 1 heterocycles. The van der Waals surface area contributed by atoms with Gasteiger partial charge in [-0.15, -0.1) is 11.6 Å². The van der Waals surface area contributed by atoms with E-state index in [2.05, 4.69) is 20.3 Å². The summed E-state index contributed by atoms with van der Waals surface area (Å²) in [5, 5.41) is 12.5. The number of allylic oxidation sites excluding steroid dienone is 3. The summed E-state index contributed by atoms with van der Waals surface area (Å²) in [7, 11) is 0. The molecule has 0 aliphatic heterocycles. The van der Waals surface area contributed by atoms with Crippen LogP contribution in [-0.4, -0.2) is 42.0 Å². The quantitative estimate of drug-likeness (QED) is 0.262. The Morgan fingerprint density at radius 3 is 2.73 bits per heavy atom. The van der Waals surface area contributed by atoms with Gasteiger partial charge in [0.2, 0.25) is 11.9 Å². The molecule has 0 spiro atoms. The third kappa shape index (κ3) is 5.85. The van der Waals surface area contributed by atoms with Gasteiger partial charge in [0.25, 0.3) is 0 Å². The second-order valence-corrected chi connectivity index (χ2v) is 10.8. The van der Waals surface area contributed by atoms with E-state index in [4.69, 9.17) is 34.0 Å². The molecule has 1 aliphatic carbocycles. The van der Waals surface area contributed by atoms with Crippen LogP contribution < -0.4 is 11.1 Å². The minimum absolute atomic E-state index is 0.0596. The molecule has 1 aromatic heterocycles. The Hall–Kier alpha value is -1.40. The highest BCUT2D eigenvalue weighted by atomic mass is 127. The number of benzene rings is 1. The molecule has 7 nitrogen and oxygen atoms in total. The predicted octanol–water partition coefficient (Wildman–Crippen LogP) is 3.50. The summed E-state index contributed by atoms with van der Waals surface area (Å²) < 4.78 is -1.03. The van der Waals surface area contributed by atoms with Gasteiger partial charge in [-0.3, -0.25) is 4.79 Å². The summed E-state index contributed by atoms with van der Waals surface area (Å²) in [5.74, 6) is 0.610. The number of thioether (sulfide) groups is 1. The Labute approximate surface area is 201 Å². The number of anilines is 1. The molecule has 2 aromatic rings. The van der Waals surface area contributed by atoms with E-state index in [1.807, 2.05) is 52.9 Å². The molecule has 1 amide bonds. The second-order valence-electron chi connectivity index (χ2n) is 6.31. The van der Waals surface area contributed by atoms with Crippen molar-refractivity contribution >= 4 is 75.0 Å². The van der Waals surface area contributed by atoms with Crippen molar-refractivity contribution < 1.29 is 9.90 Å². The summed E-state index contributed by atoms with van der Waals surface area (Å²) in [6, 6.07) is 9.91. The van der Waals surface area contributed by atoms with Crippen molar-refractivity contribution in [2.45, 2.75) is 20.2 Å². The van der Waals surface area contributed by atoms with Gasteiger partial charge < -0.3 is 16.2 Å². The zero-order valence-corrected chi connectivity index (χ0v) is 20.1. The number of nitrogens with one attached hydrogen (secondary N) is 1. The molecule has 1 atom stereocenters. The monoisotopic (exact) mass is 577 g/mol. The number of halogens is 3. The standard InChI is InChI=1S/C19H18Cl2IN5O2S/c20-14-9-19(21,22)13(16(29)24-6-7-28)8-12(14)15-25-17(23)27-18(26-15)30-10-11-4-2-1-3-5-11/h1-5,8,28H,6-7,9-10H2,(H,24,29)(H2,23,25,26,27). The molecule has 0 saturated heterocycles. The maximum Gasteiger partial charge on any atom is 0.249 e. The highest BCUT2D eigenvalue weighted by molar-refractivity contribution is 14.1. The van der Waals surface area contributed by atoms with Crippen LogP contribution in [0, 0.1) is 0 Å². The van der Waals surface area contributed by atoms with Crippen LogP contribution >= 0.6 is 57.6 Å². The number of nitrogen functional groups attached to an aromatic ring is 1. The zero-order chi connectivity index (χ0) is 21.7. The second kappa shape index (κ2) is 10.3. The smallest absolute Gasteiger partial charge is 0.249 e. The van der Waals surface area contributed by atoms with Crippen LogP contribution in [0.3, 0.4) is 0 Å².